The molecular formula is C14H20ClN3O2. The maximum atomic E-state index is 10.7. The summed E-state index contributed by atoms with van der Waals surface area (Å²) in [5, 5.41) is 9.40. The van der Waals surface area contributed by atoms with Crippen LogP contribution in [-0.2, 0) is 4.79 Å². The summed E-state index contributed by atoms with van der Waals surface area (Å²) in [6, 6.07) is 5.06. The maximum absolute atomic E-state index is 10.7. The molecule has 1 aliphatic rings. The second-order valence-electron chi connectivity index (χ2n) is 5.21. The fourth-order valence-corrected chi connectivity index (χ4v) is 2.67. The molecule has 5 nitrogen and oxygen atoms in total. The van der Waals surface area contributed by atoms with Gasteiger partial charge >= 0.3 is 5.97 Å². The van der Waals surface area contributed by atoms with E-state index in [1.54, 1.807) is 6.07 Å². The number of carbonyl (C=O) groups is 1. The molecule has 0 bridgehead atoms. The number of carboxylic acids is 1. The van der Waals surface area contributed by atoms with Crippen molar-refractivity contribution in [1.82, 2.24) is 4.90 Å². The van der Waals surface area contributed by atoms with Crippen molar-refractivity contribution in [2.24, 2.45) is 5.73 Å². The zero-order valence-electron chi connectivity index (χ0n) is 11.6. The van der Waals surface area contributed by atoms with E-state index in [0.29, 0.717) is 5.02 Å². The Morgan fingerprint density at radius 3 is 2.60 bits per heavy atom. The van der Waals surface area contributed by atoms with E-state index in [2.05, 4.69) is 16.8 Å². The third kappa shape index (κ3) is 3.62. The number of piperazine rings is 1. The van der Waals surface area contributed by atoms with Crippen LogP contribution in [0.25, 0.3) is 0 Å². The van der Waals surface area contributed by atoms with Gasteiger partial charge in [-0.05, 0) is 24.7 Å². The molecule has 1 aromatic carbocycles. The van der Waals surface area contributed by atoms with E-state index in [9.17, 15) is 4.79 Å². The van der Waals surface area contributed by atoms with Crippen LogP contribution in [0, 0.1) is 0 Å². The maximum Gasteiger partial charge on any atom is 0.305 e. The Balaban J connectivity index is 2.11. The quantitative estimate of drug-likeness (QED) is 0.883. The molecule has 0 saturated carbocycles. The highest BCUT2D eigenvalue weighted by molar-refractivity contribution is 6.33. The minimum absolute atomic E-state index is 0.0931. The zero-order valence-corrected chi connectivity index (χ0v) is 12.3. The smallest absolute Gasteiger partial charge is 0.305 e. The first-order chi connectivity index (χ1) is 9.47. The van der Waals surface area contributed by atoms with Crippen LogP contribution in [0.15, 0.2) is 18.2 Å². The highest BCUT2D eigenvalue weighted by Gasteiger charge is 2.18. The third-order valence-electron chi connectivity index (χ3n) is 3.64. The van der Waals surface area contributed by atoms with Crippen LogP contribution in [0.5, 0.6) is 0 Å². The number of aliphatic carboxylic acids is 1. The molecule has 110 valence electrons. The summed E-state index contributed by atoms with van der Waals surface area (Å²) in [4.78, 5) is 15.2. The van der Waals surface area contributed by atoms with Crippen molar-refractivity contribution in [3.05, 3.63) is 28.8 Å². The molecule has 1 fully saturated rings. The standard InChI is InChI=1S/C14H20ClN3O2/c1-17-4-6-18(7-5-17)13-3-2-10(8-11(13)15)12(16)9-14(19)20/h2-3,8,12H,4-7,9,16H2,1H3,(H,19,20). The van der Waals surface area contributed by atoms with E-state index in [1.807, 2.05) is 12.1 Å². The largest absolute Gasteiger partial charge is 0.481 e. The van der Waals surface area contributed by atoms with Crippen molar-refractivity contribution in [2.45, 2.75) is 12.5 Å². The summed E-state index contributed by atoms with van der Waals surface area (Å²) in [6.45, 7) is 3.90. The molecule has 1 saturated heterocycles. The summed E-state index contributed by atoms with van der Waals surface area (Å²) < 4.78 is 0. The van der Waals surface area contributed by atoms with E-state index >= 15 is 0 Å². The fraction of sp³-hybridized carbons (Fsp3) is 0.500. The summed E-state index contributed by atoms with van der Waals surface area (Å²) >= 11 is 6.32. The van der Waals surface area contributed by atoms with Crippen molar-refractivity contribution in [3.63, 3.8) is 0 Å². The van der Waals surface area contributed by atoms with Crippen LogP contribution in [0.3, 0.4) is 0 Å². The molecule has 0 spiro atoms. The Morgan fingerprint density at radius 1 is 1.40 bits per heavy atom. The summed E-state index contributed by atoms with van der Waals surface area (Å²) in [6.07, 6.45) is -0.0931. The molecule has 0 radical (unpaired) electrons. The number of benzene rings is 1. The second kappa shape index (κ2) is 6.43. The molecule has 0 aromatic heterocycles. The molecule has 1 atom stereocenters. The average Bonchev–Trinajstić information content (AvgIpc) is 2.39. The van der Waals surface area contributed by atoms with E-state index in [4.69, 9.17) is 22.4 Å². The molecule has 1 aromatic rings. The van der Waals surface area contributed by atoms with Gasteiger partial charge in [0.05, 0.1) is 17.1 Å². The van der Waals surface area contributed by atoms with E-state index in [0.717, 1.165) is 37.4 Å². The Hall–Kier alpha value is -1.30. The van der Waals surface area contributed by atoms with Crippen LogP contribution in [0.1, 0.15) is 18.0 Å². The SMILES string of the molecule is CN1CCN(c2ccc(C(N)CC(=O)O)cc2Cl)CC1. The molecule has 1 heterocycles. The summed E-state index contributed by atoms with van der Waals surface area (Å²) in [5.74, 6) is -0.906. The number of nitrogens with zero attached hydrogens (tertiary/aromatic N) is 2. The first-order valence-electron chi connectivity index (χ1n) is 6.67. The van der Waals surface area contributed by atoms with Gasteiger partial charge in [0.15, 0.2) is 0 Å². The highest BCUT2D eigenvalue weighted by atomic mass is 35.5. The number of halogens is 1. The monoisotopic (exact) mass is 297 g/mol. The molecule has 2 rings (SSSR count). The lowest BCUT2D eigenvalue weighted by Crippen LogP contribution is -2.44. The van der Waals surface area contributed by atoms with Gasteiger partial charge in [-0.1, -0.05) is 17.7 Å². The molecule has 3 N–H and O–H groups in total. The van der Waals surface area contributed by atoms with Crippen molar-refractivity contribution >= 4 is 23.3 Å². The van der Waals surface area contributed by atoms with E-state index in [1.165, 1.54) is 0 Å². The minimum atomic E-state index is -0.906. The van der Waals surface area contributed by atoms with Gasteiger partial charge < -0.3 is 20.6 Å². The lowest BCUT2D eigenvalue weighted by molar-refractivity contribution is -0.137. The van der Waals surface area contributed by atoms with Gasteiger partial charge in [-0.25, -0.2) is 0 Å². The Labute approximate surface area is 123 Å². The van der Waals surface area contributed by atoms with Gasteiger partial charge in [0.25, 0.3) is 0 Å². The second-order valence-corrected chi connectivity index (χ2v) is 5.61. The molecule has 20 heavy (non-hydrogen) atoms. The minimum Gasteiger partial charge on any atom is -0.481 e. The lowest BCUT2D eigenvalue weighted by Gasteiger charge is -2.34. The fourth-order valence-electron chi connectivity index (χ4n) is 2.36. The van der Waals surface area contributed by atoms with Crippen LogP contribution in [-0.4, -0.2) is 49.2 Å². The number of rotatable bonds is 4. The Bertz CT molecular complexity index is 487. The zero-order chi connectivity index (χ0) is 14.7. The van der Waals surface area contributed by atoms with Gasteiger partial charge in [-0.15, -0.1) is 0 Å². The van der Waals surface area contributed by atoms with Crippen LogP contribution in [0.4, 0.5) is 5.69 Å². The topological polar surface area (TPSA) is 69.8 Å². The highest BCUT2D eigenvalue weighted by Crippen LogP contribution is 2.29. The molecule has 0 aliphatic carbocycles. The predicted octanol–water partition coefficient (Wildman–Crippen LogP) is 1.57. The van der Waals surface area contributed by atoms with Gasteiger partial charge in [0.1, 0.15) is 0 Å². The van der Waals surface area contributed by atoms with Crippen molar-refractivity contribution in [2.75, 3.05) is 38.1 Å². The normalized spacial score (nSPS) is 18.1. The predicted molar refractivity (Wildman–Crippen MR) is 80.3 cm³/mol. The van der Waals surface area contributed by atoms with Crippen molar-refractivity contribution in [1.29, 1.82) is 0 Å². The van der Waals surface area contributed by atoms with Crippen molar-refractivity contribution < 1.29 is 9.90 Å². The van der Waals surface area contributed by atoms with Gasteiger partial charge in [0, 0.05) is 32.2 Å². The molecule has 1 aliphatic heterocycles. The Morgan fingerprint density at radius 2 is 2.05 bits per heavy atom. The number of carboxylic acid groups (broad SMARTS) is 1. The van der Waals surface area contributed by atoms with E-state index in [-0.39, 0.29) is 6.42 Å². The number of hydrogen-bond donors (Lipinski definition) is 2. The number of hydrogen-bond acceptors (Lipinski definition) is 4. The van der Waals surface area contributed by atoms with Crippen LogP contribution < -0.4 is 10.6 Å². The van der Waals surface area contributed by atoms with E-state index < -0.39 is 12.0 Å². The van der Waals surface area contributed by atoms with Crippen molar-refractivity contribution in [3.8, 4) is 0 Å². The number of likely N-dealkylation sites (N-methyl/N-ethyl adjacent to an activating group) is 1. The molecule has 1 unspecified atom stereocenters. The molecule has 0 amide bonds. The third-order valence-corrected chi connectivity index (χ3v) is 3.94. The van der Waals surface area contributed by atoms with Gasteiger partial charge in [-0.2, -0.15) is 0 Å². The van der Waals surface area contributed by atoms with Gasteiger partial charge in [0.2, 0.25) is 0 Å². The first-order valence-corrected chi connectivity index (χ1v) is 7.05. The lowest BCUT2D eigenvalue weighted by atomic mass is 10.0. The summed E-state index contributed by atoms with van der Waals surface area (Å²) in [5.41, 5.74) is 7.60. The summed E-state index contributed by atoms with van der Waals surface area (Å²) in [7, 11) is 2.10. The van der Waals surface area contributed by atoms with Crippen LogP contribution >= 0.6 is 11.6 Å². The number of nitrogens with two attached hydrogens (primary N) is 1. The first kappa shape index (κ1) is 15.1. The van der Waals surface area contributed by atoms with Gasteiger partial charge in [-0.3, -0.25) is 4.79 Å². The Kier molecular flexibility index (Phi) is 4.86. The number of anilines is 1. The molecular weight excluding hydrogens is 278 g/mol. The average molecular weight is 298 g/mol. The van der Waals surface area contributed by atoms with Crippen LogP contribution in [0.2, 0.25) is 5.02 Å². The molecule has 6 heteroatoms.